The molecule has 0 bridgehead atoms. The zero-order valence-corrected chi connectivity index (χ0v) is 15.5. The summed E-state index contributed by atoms with van der Waals surface area (Å²) in [6, 6.07) is 16.6. The van der Waals surface area contributed by atoms with E-state index in [9.17, 15) is 0 Å². The third-order valence-electron chi connectivity index (χ3n) is 5.45. The minimum atomic E-state index is 0.719. The Morgan fingerprint density at radius 3 is 2.56 bits per heavy atom. The average Bonchev–Trinajstić information content (AvgIpc) is 3.09. The Morgan fingerprint density at radius 2 is 1.81 bits per heavy atom. The third kappa shape index (κ3) is 3.91. The molecule has 138 valence electrons. The van der Waals surface area contributed by atoms with Crippen LogP contribution in [-0.4, -0.2) is 42.6 Å². The van der Waals surface area contributed by atoms with E-state index in [2.05, 4.69) is 51.2 Å². The number of aryl methyl sites for hydroxylation is 1. The Kier molecular flexibility index (Phi) is 4.99. The number of nitrogens with one attached hydrogen (secondary N) is 1. The zero-order valence-electron chi connectivity index (χ0n) is 15.5. The first-order chi connectivity index (χ1) is 13.2. The van der Waals surface area contributed by atoms with E-state index in [4.69, 9.17) is 11.0 Å². The average molecular weight is 359 g/mol. The van der Waals surface area contributed by atoms with Crippen LogP contribution in [-0.2, 0) is 6.42 Å². The molecule has 1 aromatic heterocycles. The van der Waals surface area contributed by atoms with Crippen molar-refractivity contribution in [2.45, 2.75) is 12.8 Å². The molecule has 0 spiro atoms. The summed E-state index contributed by atoms with van der Waals surface area (Å²) in [5.74, 6) is 0. The van der Waals surface area contributed by atoms with Crippen molar-refractivity contribution in [2.24, 2.45) is 0 Å². The van der Waals surface area contributed by atoms with Gasteiger partial charge in [-0.05, 0) is 61.3 Å². The molecule has 3 aromatic rings. The molecule has 0 unspecified atom stereocenters. The summed E-state index contributed by atoms with van der Waals surface area (Å²) in [5, 5.41) is 10.0. The molecule has 0 aliphatic carbocycles. The maximum Gasteiger partial charge on any atom is 0.0991 e. The number of hydrogen-bond acceptors (Lipinski definition) is 4. The van der Waals surface area contributed by atoms with Crippen LogP contribution in [0.2, 0.25) is 0 Å². The molecule has 5 heteroatoms. The Hall–Kier alpha value is -2.97. The number of benzene rings is 2. The van der Waals surface area contributed by atoms with Crippen LogP contribution < -0.4 is 10.6 Å². The van der Waals surface area contributed by atoms with Crippen LogP contribution in [0.5, 0.6) is 0 Å². The van der Waals surface area contributed by atoms with E-state index in [1.54, 1.807) is 0 Å². The van der Waals surface area contributed by atoms with E-state index >= 15 is 0 Å². The molecule has 2 aromatic carbocycles. The van der Waals surface area contributed by atoms with Crippen LogP contribution in [0.1, 0.15) is 17.5 Å². The smallest absolute Gasteiger partial charge is 0.0991 e. The Morgan fingerprint density at radius 1 is 1.04 bits per heavy atom. The molecule has 1 fully saturated rings. The molecule has 2 heterocycles. The Balaban J connectivity index is 1.25. The van der Waals surface area contributed by atoms with Crippen LogP contribution >= 0.6 is 0 Å². The number of nitriles is 1. The fourth-order valence-electron chi connectivity index (χ4n) is 3.83. The first kappa shape index (κ1) is 17.4. The highest BCUT2D eigenvalue weighted by atomic mass is 15.3. The Labute approximate surface area is 160 Å². The van der Waals surface area contributed by atoms with Gasteiger partial charge in [-0.2, -0.15) is 5.26 Å². The molecule has 1 aliphatic rings. The molecule has 1 aliphatic heterocycles. The monoisotopic (exact) mass is 359 g/mol. The van der Waals surface area contributed by atoms with Crippen LogP contribution in [0.25, 0.3) is 10.9 Å². The highest BCUT2D eigenvalue weighted by molar-refractivity contribution is 5.91. The number of rotatable bonds is 5. The van der Waals surface area contributed by atoms with Gasteiger partial charge >= 0.3 is 0 Å². The topological polar surface area (TPSA) is 72.1 Å². The second-order valence-corrected chi connectivity index (χ2v) is 7.21. The molecule has 0 radical (unpaired) electrons. The van der Waals surface area contributed by atoms with Crippen LogP contribution in [0.3, 0.4) is 0 Å². The minimum absolute atomic E-state index is 0.719. The van der Waals surface area contributed by atoms with Gasteiger partial charge in [0.2, 0.25) is 0 Å². The molecular weight excluding hydrogens is 334 g/mol. The molecule has 4 rings (SSSR count). The lowest BCUT2D eigenvalue weighted by Crippen LogP contribution is -2.46. The van der Waals surface area contributed by atoms with Crippen LogP contribution in [0.4, 0.5) is 11.4 Å². The summed E-state index contributed by atoms with van der Waals surface area (Å²) in [7, 11) is 0. The van der Waals surface area contributed by atoms with Crippen molar-refractivity contribution in [1.29, 1.82) is 5.26 Å². The summed E-state index contributed by atoms with van der Waals surface area (Å²) in [4.78, 5) is 8.14. The van der Waals surface area contributed by atoms with E-state index in [0.29, 0.717) is 0 Å². The predicted octanol–water partition coefficient (Wildman–Crippen LogP) is 3.38. The van der Waals surface area contributed by atoms with Gasteiger partial charge in [0, 0.05) is 49.0 Å². The van der Waals surface area contributed by atoms with E-state index in [1.807, 2.05) is 18.3 Å². The summed E-state index contributed by atoms with van der Waals surface area (Å²) >= 11 is 0. The van der Waals surface area contributed by atoms with E-state index < -0.39 is 0 Å². The lowest BCUT2D eigenvalue weighted by molar-refractivity contribution is 0.255. The van der Waals surface area contributed by atoms with Crippen molar-refractivity contribution in [3.8, 4) is 6.07 Å². The number of aromatic amines is 1. The number of nitrogens with zero attached hydrogens (tertiary/aromatic N) is 3. The largest absolute Gasteiger partial charge is 0.397 e. The summed E-state index contributed by atoms with van der Waals surface area (Å²) in [6.07, 6.45) is 4.10. The van der Waals surface area contributed by atoms with Gasteiger partial charge in [0.15, 0.2) is 0 Å². The first-order valence-electron chi connectivity index (χ1n) is 9.56. The number of nitrogen functional groups attached to an aromatic ring is 1. The first-order valence-corrected chi connectivity index (χ1v) is 9.56. The number of piperazine rings is 1. The van der Waals surface area contributed by atoms with Crippen LogP contribution in [0, 0.1) is 11.3 Å². The van der Waals surface area contributed by atoms with Crippen LogP contribution in [0.15, 0.2) is 48.7 Å². The molecule has 1 saturated heterocycles. The third-order valence-corrected chi connectivity index (χ3v) is 5.45. The number of H-pyrrole nitrogens is 1. The summed E-state index contributed by atoms with van der Waals surface area (Å²) in [5.41, 5.74) is 11.2. The number of hydrogen-bond donors (Lipinski definition) is 2. The van der Waals surface area contributed by atoms with Crippen molar-refractivity contribution >= 4 is 22.3 Å². The maximum atomic E-state index is 8.91. The molecule has 27 heavy (non-hydrogen) atoms. The number of fused-ring (bicyclic) bond motifs is 1. The standard InChI is InChI=1S/C22H25N5/c23-15-18-3-6-19(7-4-18)27-12-10-26(11-13-27)9-1-2-17-5-8-22-20(14-17)21(24)16-25-22/h3-8,14,16,25H,1-2,9-13,24H2. The van der Waals surface area contributed by atoms with E-state index in [1.165, 1.54) is 11.3 Å². The maximum absolute atomic E-state index is 8.91. The normalized spacial score (nSPS) is 15.1. The second-order valence-electron chi connectivity index (χ2n) is 7.21. The predicted molar refractivity (Wildman–Crippen MR) is 111 cm³/mol. The number of nitrogens with two attached hydrogens (primary N) is 1. The highest BCUT2D eigenvalue weighted by Crippen LogP contribution is 2.22. The van der Waals surface area contributed by atoms with Crippen molar-refractivity contribution in [3.63, 3.8) is 0 Å². The molecule has 5 nitrogen and oxygen atoms in total. The summed E-state index contributed by atoms with van der Waals surface area (Å²) < 4.78 is 0. The van der Waals surface area contributed by atoms with Crippen molar-refractivity contribution in [1.82, 2.24) is 9.88 Å². The Bertz CT molecular complexity index is 943. The van der Waals surface area contributed by atoms with Gasteiger partial charge in [-0.25, -0.2) is 0 Å². The van der Waals surface area contributed by atoms with Crippen molar-refractivity contribution in [2.75, 3.05) is 43.4 Å². The van der Waals surface area contributed by atoms with Gasteiger partial charge in [-0.3, -0.25) is 4.90 Å². The van der Waals surface area contributed by atoms with E-state index in [-0.39, 0.29) is 0 Å². The zero-order chi connectivity index (χ0) is 18.6. The van der Waals surface area contributed by atoms with Gasteiger partial charge in [0.1, 0.15) is 0 Å². The van der Waals surface area contributed by atoms with Gasteiger partial charge in [-0.15, -0.1) is 0 Å². The molecule has 0 atom stereocenters. The fourth-order valence-corrected chi connectivity index (χ4v) is 3.83. The quantitative estimate of drug-likeness (QED) is 0.732. The SMILES string of the molecule is N#Cc1ccc(N2CCN(CCCc3ccc4[nH]cc(N)c4c3)CC2)cc1. The van der Waals surface area contributed by atoms with Gasteiger partial charge < -0.3 is 15.6 Å². The lowest BCUT2D eigenvalue weighted by atomic mass is 10.1. The van der Waals surface area contributed by atoms with E-state index in [0.717, 1.165) is 67.7 Å². The lowest BCUT2D eigenvalue weighted by Gasteiger charge is -2.36. The van der Waals surface area contributed by atoms with Crippen molar-refractivity contribution < 1.29 is 0 Å². The van der Waals surface area contributed by atoms with Gasteiger partial charge in [0.25, 0.3) is 0 Å². The molecule has 0 amide bonds. The fraction of sp³-hybridized carbons (Fsp3) is 0.318. The van der Waals surface area contributed by atoms with Crippen molar-refractivity contribution in [3.05, 3.63) is 59.8 Å². The van der Waals surface area contributed by atoms with Gasteiger partial charge in [0.05, 0.1) is 17.3 Å². The second kappa shape index (κ2) is 7.73. The minimum Gasteiger partial charge on any atom is -0.397 e. The summed E-state index contributed by atoms with van der Waals surface area (Å²) in [6.45, 7) is 5.38. The highest BCUT2D eigenvalue weighted by Gasteiger charge is 2.16. The molecule has 0 saturated carbocycles. The number of anilines is 2. The molecule has 3 N–H and O–H groups in total. The molecular formula is C22H25N5. The number of aromatic nitrogens is 1. The van der Waals surface area contributed by atoms with Gasteiger partial charge in [-0.1, -0.05) is 6.07 Å².